The van der Waals surface area contributed by atoms with E-state index in [0.29, 0.717) is 6.42 Å². The summed E-state index contributed by atoms with van der Waals surface area (Å²) in [5.74, 6) is -0.568. The van der Waals surface area contributed by atoms with Crippen molar-refractivity contribution in [2.45, 2.75) is 12.5 Å². The second-order valence-corrected chi connectivity index (χ2v) is 4.47. The number of nitrogens with two attached hydrogens (primary N) is 3. The number of hydrogen-bond donors (Lipinski definition) is 3. The number of aliphatic imine (C=N–C) groups is 2. The van der Waals surface area contributed by atoms with Crippen LogP contribution in [0.25, 0.3) is 0 Å². The molecule has 1 amide bonds. The van der Waals surface area contributed by atoms with E-state index in [1.165, 1.54) is 0 Å². The second-order valence-electron chi connectivity index (χ2n) is 4.47. The molecule has 1 unspecified atom stereocenters. The fourth-order valence-corrected chi connectivity index (χ4v) is 1.39. The molecule has 1 rings (SSSR count). The Balaban J connectivity index is 2.68. The van der Waals surface area contributed by atoms with Gasteiger partial charge in [-0.2, -0.15) is 9.98 Å². The van der Waals surface area contributed by atoms with Gasteiger partial charge < -0.3 is 22.1 Å². The monoisotopic (exact) mass is 276 g/mol. The summed E-state index contributed by atoms with van der Waals surface area (Å²) in [7, 11) is 3.41. The van der Waals surface area contributed by atoms with Crippen molar-refractivity contribution in [3.63, 3.8) is 0 Å². The van der Waals surface area contributed by atoms with Crippen LogP contribution >= 0.6 is 0 Å². The predicted molar refractivity (Wildman–Crippen MR) is 80.1 cm³/mol. The summed E-state index contributed by atoms with van der Waals surface area (Å²) in [4.78, 5) is 20.8. The lowest BCUT2D eigenvalue weighted by Gasteiger charge is -2.10. The third kappa shape index (κ3) is 5.07. The first-order valence-electron chi connectivity index (χ1n) is 6.09. The number of carbonyl (C=O) groups is 1. The van der Waals surface area contributed by atoms with E-state index >= 15 is 0 Å². The van der Waals surface area contributed by atoms with Crippen molar-refractivity contribution in [1.82, 2.24) is 4.90 Å². The molecule has 1 aromatic rings. The Morgan fingerprint density at radius 2 is 1.80 bits per heavy atom. The van der Waals surface area contributed by atoms with Gasteiger partial charge in [0.15, 0.2) is 5.96 Å². The Labute approximate surface area is 118 Å². The third-order valence-corrected chi connectivity index (χ3v) is 2.53. The average Bonchev–Trinajstić information content (AvgIpc) is 2.39. The van der Waals surface area contributed by atoms with Crippen molar-refractivity contribution in [3.05, 3.63) is 35.9 Å². The quantitative estimate of drug-likeness (QED) is 0.496. The molecule has 0 spiro atoms. The molecule has 6 N–H and O–H groups in total. The summed E-state index contributed by atoms with van der Waals surface area (Å²) in [6, 6.07) is 8.68. The molecule has 0 bridgehead atoms. The number of guanidine groups is 2. The predicted octanol–water partition coefficient (Wildman–Crippen LogP) is -0.726. The third-order valence-electron chi connectivity index (χ3n) is 2.53. The summed E-state index contributed by atoms with van der Waals surface area (Å²) in [5, 5.41) is 0. The molecular formula is C13H20N6O. The Morgan fingerprint density at radius 3 is 2.35 bits per heavy atom. The van der Waals surface area contributed by atoms with Crippen LogP contribution in [0.15, 0.2) is 40.3 Å². The summed E-state index contributed by atoms with van der Waals surface area (Å²) in [6.45, 7) is 0. The molecule has 7 heteroatoms. The first kappa shape index (κ1) is 15.6. The second kappa shape index (κ2) is 7.25. The molecule has 0 aliphatic carbocycles. The highest BCUT2D eigenvalue weighted by molar-refractivity contribution is 6.00. The van der Waals surface area contributed by atoms with E-state index in [0.717, 1.165) is 5.56 Å². The lowest BCUT2D eigenvalue weighted by molar-refractivity contribution is -0.118. The van der Waals surface area contributed by atoms with Crippen molar-refractivity contribution < 1.29 is 4.79 Å². The minimum Gasteiger partial charge on any atom is -0.369 e. The van der Waals surface area contributed by atoms with E-state index in [1.807, 2.05) is 30.3 Å². The van der Waals surface area contributed by atoms with Crippen LogP contribution in [0.4, 0.5) is 0 Å². The Kier molecular flexibility index (Phi) is 5.67. The van der Waals surface area contributed by atoms with Crippen molar-refractivity contribution >= 4 is 17.8 Å². The highest BCUT2D eigenvalue weighted by Gasteiger charge is 2.13. The highest BCUT2D eigenvalue weighted by Crippen LogP contribution is 2.02. The van der Waals surface area contributed by atoms with E-state index < -0.39 is 11.9 Å². The Bertz CT molecular complexity index is 509. The van der Waals surface area contributed by atoms with Crippen LogP contribution in [0.1, 0.15) is 5.56 Å². The molecule has 0 aliphatic heterocycles. The maximum atomic E-state index is 11.8. The largest absolute Gasteiger partial charge is 0.369 e. The van der Waals surface area contributed by atoms with Gasteiger partial charge in [-0.05, 0) is 12.0 Å². The van der Waals surface area contributed by atoms with Gasteiger partial charge in [0.1, 0.15) is 0 Å². The van der Waals surface area contributed by atoms with Crippen molar-refractivity contribution in [2.24, 2.45) is 27.2 Å². The molecule has 0 saturated carbocycles. The molecular weight excluding hydrogens is 256 g/mol. The maximum absolute atomic E-state index is 11.8. The Hall–Kier alpha value is -2.41. The molecule has 0 aliphatic rings. The number of carbonyl (C=O) groups excluding carboxylic acids is 1. The number of benzene rings is 1. The van der Waals surface area contributed by atoms with Crippen molar-refractivity contribution in [2.75, 3.05) is 14.1 Å². The average molecular weight is 276 g/mol. The number of rotatable bonds is 3. The van der Waals surface area contributed by atoms with Crippen molar-refractivity contribution in [1.29, 1.82) is 0 Å². The molecule has 108 valence electrons. The summed E-state index contributed by atoms with van der Waals surface area (Å²) < 4.78 is 0. The molecule has 0 saturated heterocycles. The van der Waals surface area contributed by atoms with Gasteiger partial charge in [-0.3, -0.25) is 4.79 Å². The van der Waals surface area contributed by atoms with Crippen LogP contribution in [0, 0.1) is 0 Å². The molecule has 0 heterocycles. The van der Waals surface area contributed by atoms with Gasteiger partial charge in [-0.1, -0.05) is 30.3 Å². The van der Waals surface area contributed by atoms with Gasteiger partial charge in [0.05, 0.1) is 6.04 Å². The zero-order valence-electron chi connectivity index (χ0n) is 11.7. The van der Waals surface area contributed by atoms with Crippen LogP contribution in [-0.2, 0) is 11.2 Å². The van der Waals surface area contributed by atoms with Crippen LogP contribution in [-0.4, -0.2) is 42.9 Å². The van der Waals surface area contributed by atoms with Gasteiger partial charge in [0, 0.05) is 14.1 Å². The van der Waals surface area contributed by atoms with Crippen LogP contribution in [0.5, 0.6) is 0 Å². The fraction of sp³-hybridized carbons (Fsp3) is 0.308. The molecule has 1 atom stereocenters. The van der Waals surface area contributed by atoms with Gasteiger partial charge in [-0.25, -0.2) is 0 Å². The minimum atomic E-state index is -0.758. The van der Waals surface area contributed by atoms with E-state index in [-0.39, 0.29) is 11.9 Å². The van der Waals surface area contributed by atoms with E-state index in [1.54, 1.807) is 19.0 Å². The number of amides is 1. The first-order valence-corrected chi connectivity index (χ1v) is 6.09. The molecule has 0 aromatic heterocycles. The van der Waals surface area contributed by atoms with E-state index in [2.05, 4.69) is 9.98 Å². The van der Waals surface area contributed by atoms with Crippen LogP contribution in [0.2, 0.25) is 0 Å². The normalized spacial score (nSPS) is 13.9. The highest BCUT2D eigenvalue weighted by atomic mass is 16.1. The van der Waals surface area contributed by atoms with Crippen molar-refractivity contribution in [3.8, 4) is 0 Å². The lowest BCUT2D eigenvalue weighted by atomic mass is 10.1. The standard InChI is InChI=1S/C13H20N6O/c1-19(2)13(16)18-12(15)17-11(20)10(14)8-9-6-4-3-5-7-9/h3-7,10H,8,14H2,1-2H3,(H4,15,16,17,18,20). The van der Waals surface area contributed by atoms with E-state index in [4.69, 9.17) is 17.2 Å². The summed E-state index contributed by atoms with van der Waals surface area (Å²) in [6.07, 6.45) is 0.392. The van der Waals surface area contributed by atoms with Gasteiger partial charge in [0.25, 0.3) is 5.91 Å². The van der Waals surface area contributed by atoms with Gasteiger partial charge >= 0.3 is 0 Å². The first-order chi connectivity index (χ1) is 9.40. The smallest absolute Gasteiger partial charge is 0.266 e. The summed E-state index contributed by atoms with van der Waals surface area (Å²) >= 11 is 0. The zero-order valence-corrected chi connectivity index (χ0v) is 11.7. The number of nitrogens with zero attached hydrogens (tertiary/aromatic N) is 3. The molecule has 1 aromatic carbocycles. The van der Waals surface area contributed by atoms with Crippen LogP contribution in [0.3, 0.4) is 0 Å². The van der Waals surface area contributed by atoms with Crippen LogP contribution < -0.4 is 17.2 Å². The summed E-state index contributed by atoms with van der Waals surface area (Å²) in [5.41, 5.74) is 17.8. The Morgan fingerprint density at radius 1 is 1.20 bits per heavy atom. The molecule has 20 heavy (non-hydrogen) atoms. The van der Waals surface area contributed by atoms with E-state index in [9.17, 15) is 4.79 Å². The molecule has 0 fully saturated rings. The fourth-order valence-electron chi connectivity index (χ4n) is 1.39. The zero-order chi connectivity index (χ0) is 15.1. The van der Waals surface area contributed by atoms with Gasteiger partial charge in [-0.15, -0.1) is 0 Å². The maximum Gasteiger partial charge on any atom is 0.266 e. The lowest BCUT2D eigenvalue weighted by Crippen LogP contribution is -2.35. The minimum absolute atomic E-state index is 0.163. The number of hydrogen-bond acceptors (Lipinski definition) is 2. The molecule has 0 radical (unpaired) electrons. The SMILES string of the molecule is CN(C)C(N)=NC(N)=NC(=O)C(N)Cc1ccccc1. The topological polar surface area (TPSA) is 123 Å². The van der Waals surface area contributed by atoms with Gasteiger partial charge in [0.2, 0.25) is 5.96 Å². The molecule has 7 nitrogen and oxygen atoms in total.